The van der Waals surface area contributed by atoms with Crippen LogP contribution in [-0.4, -0.2) is 23.0 Å². The molecule has 0 aromatic heterocycles. The molecule has 4 rings (SSSR count). The number of allylic oxidation sites excluding steroid dienone is 8. The van der Waals surface area contributed by atoms with Crippen LogP contribution in [0.4, 0.5) is 0 Å². The Labute approximate surface area is 284 Å². The number of aryl methyl sites for hydroxylation is 1. The van der Waals surface area contributed by atoms with Crippen molar-refractivity contribution in [3.8, 4) is 11.8 Å². The average Bonchev–Trinajstić information content (AvgIpc) is 3.00. The first-order valence-electron chi connectivity index (χ1n) is 17.7. The SMILES string of the molecule is CCC#Cc1cc(C(=O)C2=C3OC(C)(C)[C@@H](CC=C(C)C)C[C@@]34C[C@@H](CC=C(C)C)C(C)C(CC=C(C)C)(C2=O)C4=O)ccc1CC. The van der Waals surface area contributed by atoms with Gasteiger partial charge in [0.2, 0.25) is 0 Å². The summed E-state index contributed by atoms with van der Waals surface area (Å²) in [4.78, 5) is 45.5. The molecule has 2 unspecified atom stereocenters. The quantitative estimate of drug-likeness (QED) is 0.0890. The number of fused-ring (bicyclic) bond motifs is 1. The lowest BCUT2D eigenvalue weighted by Gasteiger charge is -2.60. The highest BCUT2D eigenvalue weighted by atomic mass is 16.5. The average molecular weight is 637 g/mol. The van der Waals surface area contributed by atoms with Crippen molar-refractivity contribution in [1.29, 1.82) is 0 Å². The Balaban J connectivity index is 2.06. The molecule has 1 aliphatic heterocycles. The van der Waals surface area contributed by atoms with E-state index in [9.17, 15) is 4.79 Å². The van der Waals surface area contributed by atoms with Gasteiger partial charge in [-0.25, -0.2) is 0 Å². The van der Waals surface area contributed by atoms with Gasteiger partial charge in [-0.3, -0.25) is 14.4 Å². The van der Waals surface area contributed by atoms with Crippen LogP contribution in [0, 0.1) is 40.4 Å². The van der Waals surface area contributed by atoms with E-state index in [1.807, 2.05) is 58.9 Å². The minimum atomic E-state index is -1.34. The molecule has 5 atom stereocenters. The molecule has 2 fully saturated rings. The van der Waals surface area contributed by atoms with E-state index in [2.05, 4.69) is 65.5 Å². The third-order valence-corrected chi connectivity index (χ3v) is 11.0. The smallest absolute Gasteiger partial charge is 0.200 e. The van der Waals surface area contributed by atoms with Gasteiger partial charge in [-0.15, -0.1) is 0 Å². The summed E-state index contributed by atoms with van der Waals surface area (Å²) < 4.78 is 6.94. The molecule has 47 heavy (non-hydrogen) atoms. The van der Waals surface area contributed by atoms with Crippen molar-refractivity contribution in [1.82, 2.24) is 0 Å². The van der Waals surface area contributed by atoms with Crippen molar-refractivity contribution in [2.75, 3.05) is 0 Å². The van der Waals surface area contributed by atoms with E-state index in [1.165, 1.54) is 11.1 Å². The molecule has 1 saturated heterocycles. The van der Waals surface area contributed by atoms with Gasteiger partial charge in [0, 0.05) is 23.5 Å². The normalized spacial score (nSPS) is 27.5. The molecule has 4 nitrogen and oxygen atoms in total. The van der Waals surface area contributed by atoms with E-state index in [-0.39, 0.29) is 47.1 Å². The van der Waals surface area contributed by atoms with Gasteiger partial charge >= 0.3 is 0 Å². The van der Waals surface area contributed by atoms with Gasteiger partial charge < -0.3 is 4.74 Å². The second-order valence-electron chi connectivity index (χ2n) is 15.5. The van der Waals surface area contributed by atoms with Gasteiger partial charge in [0.25, 0.3) is 0 Å². The Morgan fingerprint density at radius 3 is 2.17 bits per heavy atom. The lowest BCUT2D eigenvalue weighted by Crippen LogP contribution is -2.66. The molecule has 3 aliphatic rings. The standard InChI is InChI=1S/C43H56O4/c1-12-14-15-32-24-33(20-19-31(32)13-2)37(44)36-38(45)43(23-22-29(7)8)30(9)34(18-16-27(3)4)25-42(40(43)46)26-35(21-17-28(5)6)41(10,11)47-39(36)42/h16-17,19-20,22,24,30,34-35H,12-13,18,21,23,25-26H2,1-11H3/t30?,34-,35+,42+,43?/m1/s1. The maximum Gasteiger partial charge on any atom is 0.200 e. The number of Topliss-reactive ketones (excluding diaryl/α,β-unsaturated/α-hetero) is 3. The molecule has 0 N–H and O–H groups in total. The van der Waals surface area contributed by atoms with Gasteiger partial charge in [0.05, 0.1) is 10.8 Å². The summed E-state index contributed by atoms with van der Waals surface area (Å²) in [6, 6.07) is 5.59. The number of carbonyl (C=O) groups excluding carboxylic acids is 3. The van der Waals surface area contributed by atoms with E-state index < -0.39 is 16.4 Å². The Bertz CT molecular complexity index is 1620. The molecular weight excluding hydrogens is 580 g/mol. The molecule has 4 heteroatoms. The topological polar surface area (TPSA) is 60.4 Å². The lowest BCUT2D eigenvalue weighted by atomic mass is 9.43. The predicted molar refractivity (Wildman–Crippen MR) is 192 cm³/mol. The highest BCUT2D eigenvalue weighted by Gasteiger charge is 2.71. The maximum absolute atomic E-state index is 15.3. The fraction of sp³-hybridized carbons (Fsp3) is 0.558. The minimum Gasteiger partial charge on any atom is -0.490 e. The van der Waals surface area contributed by atoms with Crippen LogP contribution in [0.3, 0.4) is 0 Å². The second kappa shape index (κ2) is 14.0. The number of hydrogen-bond acceptors (Lipinski definition) is 4. The Hall–Kier alpha value is -3.45. The number of rotatable bonds is 9. The van der Waals surface area contributed by atoms with Crippen molar-refractivity contribution in [3.05, 3.63) is 81.2 Å². The zero-order valence-electron chi connectivity index (χ0n) is 30.8. The first-order chi connectivity index (χ1) is 22.0. The van der Waals surface area contributed by atoms with Crippen molar-refractivity contribution < 1.29 is 19.1 Å². The molecule has 2 bridgehead atoms. The van der Waals surface area contributed by atoms with E-state index in [0.717, 1.165) is 36.0 Å². The molecular formula is C43H56O4. The highest BCUT2D eigenvalue weighted by molar-refractivity contribution is 6.35. The molecule has 1 spiro atoms. The van der Waals surface area contributed by atoms with Crippen LogP contribution in [0.2, 0.25) is 0 Å². The first-order valence-corrected chi connectivity index (χ1v) is 17.7. The van der Waals surface area contributed by atoms with Crippen LogP contribution in [0.1, 0.15) is 136 Å². The third kappa shape index (κ3) is 6.65. The molecule has 1 saturated carbocycles. The van der Waals surface area contributed by atoms with Crippen molar-refractivity contribution in [2.45, 2.75) is 127 Å². The minimum absolute atomic E-state index is 0.0353. The summed E-state index contributed by atoms with van der Waals surface area (Å²) in [5.41, 5.74) is 2.77. The highest BCUT2D eigenvalue weighted by Crippen LogP contribution is 2.65. The molecule has 1 heterocycles. The van der Waals surface area contributed by atoms with Crippen LogP contribution < -0.4 is 0 Å². The Morgan fingerprint density at radius 1 is 0.936 bits per heavy atom. The summed E-state index contributed by atoms with van der Waals surface area (Å²) >= 11 is 0. The van der Waals surface area contributed by atoms with Crippen molar-refractivity contribution in [3.63, 3.8) is 0 Å². The largest absolute Gasteiger partial charge is 0.490 e. The van der Waals surface area contributed by atoms with Gasteiger partial charge in [0.15, 0.2) is 17.3 Å². The number of hydrogen-bond donors (Lipinski definition) is 0. The molecule has 1 aromatic carbocycles. The van der Waals surface area contributed by atoms with Crippen molar-refractivity contribution >= 4 is 17.3 Å². The molecule has 252 valence electrons. The van der Waals surface area contributed by atoms with Crippen LogP contribution in [-0.2, 0) is 20.7 Å². The van der Waals surface area contributed by atoms with Crippen LogP contribution in [0.15, 0.2) is 64.5 Å². The zero-order chi connectivity index (χ0) is 34.9. The molecule has 0 amide bonds. The lowest BCUT2D eigenvalue weighted by molar-refractivity contribution is -0.178. The fourth-order valence-electron chi connectivity index (χ4n) is 8.09. The van der Waals surface area contributed by atoms with Crippen molar-refractivity contribution in [2.24, 2.45) is 28.6 Å². The summed E-state index contributed by atoms with van der Waals surface area (Å²) in [7, 11) is 0. The summed E-state index contributed by atoms with van der Waals surface area (Å²) in [6.07, 6.45) is 10.9. The van der Waals surface area contributed by atoms with E-state index in [1.54, 1.807) is 0 Å². The maximum atomic E-state index is 15.3. The summed E-state index contributed by atoms with van der Waals surface area (Å²) in [6.45, 7) is 22.6. The Morgan fingerprint density at radius 2 is 1.57 bits per heavy atom. The summed E-state index contributed by atoms with van der Waals surface area (Å²) in [5.74, 6) is 5.79. The van der Waals surface area contributed by atoms with E-state index in [0.29, 0.717) is 30.6 Å². The third-order valence-electron chi connectivity index (χ3n) is 11.0. The number of ketones is 3. The molecule has 0 radical (unpaired) electrons. The predicted octanol–water partition coefficient (Wildman–Crippen LogP) is 10.1. The summed E-state index contributed by atoms with van der Waals surface area (Å²) in [5, 5.41) is 0. The fourth-order valence-corrected chi connectivity index (χ4v) is 8.09. The van der Waals surface area contributed by atoms with Gasteiger partial charge in [-0.2, -0.15) is 0 Å². The van der Waals surface area contributed by atoms with E-state index >= 15 is 9.59 Å². The molecule has 1 aromatic rings. The number of ether oxygens (including phenoxy) is 1. The Kier molecular flexibility index (Phi) is 10.8. The number of carbonyl (C=O) groups is 3. The van der Waals surface area contributed by atoms with Crippen LogP contribution in [0.25, 0.3) is 0 Å². The van der Waals surface area contributed by atoms with Gasteiger partial charge in [-0.05, 0) is 117 Å². The monoisotopic (exact) mass is 636 g/mol. The van der Waals surface area contributed by atoms with Gasteiger partial charge in [-0.1, -0.05) is 79.7 Å². The second-order valence-corrected chi connectivity index (χ2v) is 15.5. The van der Waals surface area contributed by atoms with Crippen LogP contribution >= 0.6 is 0 Å². The first kappa shape index (κ1) is 36.4. The molecule has 2 aliphatic carbocycles. The zero-order valence-corrected chi connectivity index (χ0v) is 30.8. The van der Waals surface area contributed by atoms with Crippen LogP contribution in [0.5, 0.6) is 0 Å². The van der Waals surface area contributed by atoms with E-state index in [4.69, 9.17) is 4.74 Å². The number of benzene rings is 1. The van der Waals surface area contributed by atoms with Gasteiger partial charge in [0.1, 0.15) is 16.9 Å².